The predicted molar refractivity (Wildman–Crippen MR) is 70.7 cm³/mol. The molecule has 1 heterocycles. The topological polar surface area (TPSA) is 58.6 Å². The second-order valence-corrected chi connectivity index (χ2v) is 4.68. The first-order chi connectivity index (χ1) is 9.56. The number of rotatable bonds is 3. The molecular weight excluding hydrogens is 263 g/mol. The number of nitrogens with zero attached hydrogens (tertiary/aromatic N) is 1. The molecule has 0 bridgehead atoms. The molecule has 0 aliphatic carbocycles. The van der Waals surface area contributed by atoms with Crippen LogP contribution in [0.4, 0.5) is 4.39 Å². The van der Waals surface area contributed by atoms with Crippen LogP contribution in [0.5, 0.6) is 5.75 Å². The Morgan fingerprint density at radius 1 is 1.50 bits per heavy atom. The van der Waals surface area contributed by atoms with Crippen LogP contribution < -0.4 is 10.1 Å². The van der Waals surface area contributed by atoms with Crippen molar-refractivity contribution in [3.05, 3.63) is 30.1 Å². The van der Waals surface area contributed by atoms with Crippen LogP contribution in [0, 0.1) is 5.82 Å². The van der Waals surface area contributed by atoms with Gasteiger partial charge < -0.3 is 15.0 Å². The number of halogens is 1. The molecule has 1 N–H and O–H groups in total. The van der Waals surface area contributed by atoms with E-state index < -0.39 is 11.9 Å². The SMILES string of the molecule is CC(Oc1cccc(F)c1)C(=O)N1CCCNC(=O)C1. The Labute approximate surface area is 116 Å². The van der Waals surface area contributed by atoms with E-state index in [1.54, 1.807) is 13.0 Å². The van der Waals surface area contributed by atoms with Gasteiger partial charge in [0.25, 0.3) is 5.91 Å². The van der Waals surface area contributed by atoms with Crippen LogP contribution in [0.25, 0.3) is 0 Å². The lowest BCUT2D eigenvalue weighted by molar-refractivity contribution is -0.140. The highest BCUT2D eigenvalue weighted by Gasteiger charge is 2.25. The van der Waals surface area contributed by atoms with Crippen molar-refractivity contribution in [1.29, 1.82) is 0 Å². The smallest absolute Gasteiger partial charge is 0.263 e. The Bertz CT molecular complexity index is 507. The number of carbonyl (C=O) groups is 2. The molecule has 1 aromatic rings. The molecule has 1 aliphatic heterocycles. The van der Waals surface area contributed by atoms with Gasteiger partial charge in [-0.15, -0.1) is 0 Å². The van der Waals surface area contributed by atoms with E-state index >= 15 is 0 Å². The van der Waals surface area contributed by atoms with Gasteiger partial charge in [0, 0.05) is 19.2 Å². The normalized spacial score (nSPS) is 17.1. The van der Waals surface area contributed by atoms with Crippen molar-refractivity contribution in [2.24, 2.45) is 0 Å². The van der Waals surface area contributed by atoms with E-state index in [2.05, 4.69) is 5.32 Å². The van der Waals surface area contributed by atoms with E-state index in [9.17, 15) is 14.0 Å². The van der Waals surface area contributed by atoms with Gasteiger partial charge in [0.15, 0.2) is 6.10 Å². The third kappa shape index (κ3) is 3.69. The molecule has 1 atom stereocenters. The lowest BCUT2D eigenvalue weighted by Gasteiger charge is -2.23. The molecule has 0 radical (unpaired) electrons. The van der Waals surface area contributed by atoms with Gasteiger partial charge in [-0.1, -0.05) is 6.07 Å². The standard InChI is InChI=1S/C14H17FN2O3/c1-10(20-12-5-2-4-11(15)8-12)14(19)17-7-3-6-16-13(18)9-17/h2,4-5,8,10H,3,6-7,9H2,1H3,(H,16,18). The first-order valence-electron chi connectivity index (χ1n) is 6.54. The highest BCUT2D eigenvalue weighted by molar-refractivity contribution is 5.87. The van der Waals surface area contributed by atoms with E-state index in [4.69, 9.17) is 4.74 Å². The minimum absolute atomic E-state index is 0.0374. The largest absolute Gasteiger partial charge is 0.481 e. The molecule has 1 aliphatic rings. The third-order valence-corrected chi connectivity index (χ3v) is 3.03. The average Bonchev–Trinajstić information content (AvgIpc) is 2.62. The number of hydrogen-bond donors (Lipinski definition) is 1. The molecule has 5 nitrogen and oxygen atoms in total. The minimum atomic E-state index is -0.761. The van der Waals surface area contributed by atoms with Crippen molar-refractivity contribution < 1.29 is 18.7 Å². The molecule has 1 aromatic carbocycles. The van der Waals surface area contributed by atoms with Gasteiger partial charge >= 0.3 is 0 Å². The zero-order valence-corrected chi connectivity index (χ0v) is 11.3. The van der Waals surface area contributed by atoms with Crippen molar-refractivity contribution in [2.45, 2.75) is 19.4 Å². The van der Waals surface area contributed by atoms with Gasteiger partial charge in [0.2, 0.25) is 5.91 Å². The van der Waals surface area contributed by atoms with Gasteiger partial charge in [0.1, 0.15) is 11.6 Å². The maximum Gasteiger partial charge on any atom is 0.263 e. The molecule has 2 amide bonds. The van der Waals surface area contributed by atoms with E-state index in [-0.39, 0.29) is 18.4 Å². The monoisotopic (exact) mass is 280 g/mol. The molecule has 0 aromatic heterocycles. The molecule has 108 valence electrons. The first-order valence-corrected chi connectivity index (χ1v) is 6.54. The lowest BCUT2D eigenvalue weighted by Crippen LogP contribution is -2.43. The fourth-order valence-corrected chi connectivity index (χ4v) is 2.05. The van der Waals surface area contributed by atoms with Gasteiger partial charge in [-0.05, 0) is 25.5 Å². The summed E-state index contributed by atoms with van der Waals surface area (Å²) in [7, 11) is 0. The number of ether oxygens (including phenoxy) is 1. The minimum Gasteiger partial charge on any atom is -0.481 e. The fourth-order valence-electron chi connectivity index (χ4n) is 2.05. The lowest BCUT2D eigenvalue weighted by atomic mass is 10.3. The summed E-state index contributed by atoms with van der Waals surface area (Å²) in [4.78, 5) is 25.1. The second-order valence-electron chi connectivity index (χ2n) is 4.68. The Kier molecular flexibility index (Phi) is 4.55. The zero-order valence-electron chi connectivity index (χ0n) is 11.3. The third-order valence-electron chi connectivity index (χ3n) is 3.03. The van der Waals surface area contributed by atoms with Crippen LogP contribution in [0.2, 0.25) is 0 Å². The average molecular weight is 280 g/mol. The quantitative estimate of drug-likeness (QED) is 0.896. The number of benzene rings is 1. The zero-order chi connectivity index (χ0) is 14.5. The van der Waals surface area contributed by atoms with Crippen molar-refractivity contribution in [3.63, 3.8) is 0 Å². The number of hydrogen-bond acceptors (Lipinski definition) is 3. The molecule has 0 saturated carbocycles. The molecule has 6 heteroatoms. The molecule has 20 heavy (non-hydrogen) atoms. The number of nitrogens with one attached hydrogen (secondary N) is 1. The van der Waals surface area contributed by atoms with E-state index in [1.807, 2.05) is 0 Å². The van der Waals surface area contributed by atoms with Crippen LogP contribution >= 0.6 is 0 Å². The number of carbonyl (C=O) groups excluding carboxylic acids is 2. The molecule has 1 fully saturated rings. The summed E-state index contributed by atoms with van der Waals surface area (Å²) in [5, 5.41) is 2.70. The Morgan fingerprint density at radius 2 is 2.30 bits per heavy atom. The summed E-state index contributed by atoms with van der Waals surface area (Å²) < 4.78 is 18.5. The van der Waals surface area contributed by atoms with Gasteiger partial charge in [0.05, 0.1) is 6.54 Å². The van der Waals surface area contributed by atoms with Crippen LogP contribution in [0.15, 0.2) is 24.3 Å². The molecule has 1 unspecified atom stereocenters. The van der Waals surface area contributed by atoms with Crippen molar-refractivity contribution >= 4 is 11.8 Å². The summed E-state index contributed by atoms with van der Waals surface area (Å²) >= 11 is 0. The maximum absolute atomic E-state index is 13.1. The fraction of sp³-hybridized carbons (Fsp3) is 0.429. The highest BCUT2D eigenvalue weighted by atomic mass is 19.1. The Hall–Kier alpha value is -2.11. The summed E-state index contributed by atoms with van der Waals surface area (Å²) in [6.45, 7) is 2.71. The van der Waals surface area contributed by atoms with Crippen LogP contribution in [-0.4, -0.2) is 42.5 Å². The number of amides is 2. The maximum atomic E-state index is 13.1. The van der Waals surface area contributed by atoms with Crippen molar-refractivity contribution in [1.82, 2.24) is 10.2 Å². The molecule has 1 saturated heterocycles. The Morgan fingerprint density at radius 3 is 3.05 bits per heavy atom. The molecular formula is C14H17FN2O3. The van der Waals surface area contributed by atoms with Crippen molar-refractivity contribution in [2.75, 3.05) is 19.6 Å². The van der Waals surface area contributed by atoms with E-state index in [1.165, 1.54) is 23.1 Å². The van der Waals surface area contributed by atoms with Crippen LogP contribution in [-0.2, 0) is 9.59 Å². The molecule has 2 rings (SSSR count). The summed E-state index contributed by atoms with van der Waals surface area (Å²) in [6.07, 6.45) is -0.0489. The molecule has 0 spiro atoms. The van der Waals surface area contributed by atoms with Crippen molar-refractivity contribution in [3.8, 4) is 5.75 Å². The van der Waals surface area contributed by atoms with Gasteiger partial charge in [-0.25, -0.2) is 4.39 Å². The second kappa shape index (κ2) is 6.36. The summed E-state index contributed by atoms with van der Waals surface area (Å²) in [5.41, 5.74) is 0. The summed E-state index contributed by atoms with van der Waals surface area (Å²) in [6, 6.07) is 5.63. The van der Waals surface area contributed by atoms with E-state index in [0.717, 1.165) is 0 Å². The Balaban J connectivity index is 1.99. The van der Waals surface area contributed by atoms with Crippen LogP contribution in [0.3, 0.4) is 0 Å². The van der Waals surface area contributed by atoms with Crippen LogP contribution in [0.1, 0.15) is 13.3 Å². The predicted octanol–water partition coefficient (Wildman–Crippen LogP) is 0.941. The van der Waals surface area contributed by atoms with E-state index in [0.29, 0.717) is 25.3 Å². The highest BCUT2D eigenvalue weighted by Crippen LogP contribution is 2.15. The van der Waals surface area contributed by atoms with Gasteiger partial charge in [-0.2, -0.15) is 0 Å². The summed E-state index contributed by atoms with van der Waals surface area (Å²) in [5.74, 6) is -0.568. The van der Waals surface area contributed by atoms with Gasteiger partial charge in [-0.3, -0.25) is 9.59 Å². The first kappa shape index (κ1) is 14.3.